The first kappa shape index (κ1) is 9.48. The van der Waals surface area contributed by atoms with E-state index in [9.17, 15) is 0 Å². The summed E-state index contributed by atoms with van der Waals surface area (Å²) in [6.45, 7) is 6.74. The van der Waals surface area contributed by atoms with Crippen molar-refractivity contribution >= 4 is 15.9 Å². The second-order valence-electron chi connectivity index (χ2n) is 2.91. The van der Waals surface area contributed by atoms with Gasteiger partial charge in [-0.1, -0.05) is 42.6 Å². The minimum absolute atomic E-state index is 0.413. The van der Waals surface area contributed by atoms with Crippen molar-refractivity contribution < 1.29 is 0 Å². The molecule has 0 atom stereocenters. The van der Waals surface area contributed by atoms with E-state index >= 15 is 0 Å². The molecule has 0 aromatic rings. The van der Waals surface area contributed by atoms with Crippen LogP contribution in [0, 0.1) is 0 Å². The highest BCUT2D eigenvalue weighted by Gasteiger charge is 2.16. The van der Waals surface area contributed by atoms with Gasteiger partial charge in [0.25, 0.3) is 0 Å². The van der Waals surface area contributed by atoms with Crippen LogP contribution in [0.2, 0.25) is 0 Å². The Bertz CT molecular complexity index is 59.0. The van der Waals surface area contributed by atoms with Gasteiger partial charge in [0, 0.05) is 4.32 Å². The van der Waals surface area contributed by atoms with E-state index in [0.717, 1.165) is 0 Å². The van der Waals surface area contributed by atoms with Gasteiger partial charge in [-0.05, 0) is 19.8 Å². The lowest BCUT2D eigenvalue weighted by Crippen LogP contribution is -2.13. The highest BCUT2D eigenvalue weighted by Crippen LogP contribution is 2.28. The summed E-state index contributed by atoms with van der Waals surface area (Å²) in [6.07, 6.45) is 5.14. The predicted octanol–water partition coefficient (Wildman–Crippen LogP) is 3.74. The third-order valence-electron chi connectivity index (χ3n) is 1.54. The van der Waals surface area contributed by atoms with Crippen LogP contribution in [0.5, 0.6) is 0 Å². The minimum Gasteiger partial charge on any atom is -0.0856 e. The molecule has 0 spiro atoms. The molecule has 0 aliphatic carbocycles. The van der Waals surface area contributed by atoms with Crippen LogP contribution in [0.3, 0.4) is 0 Å². The second kappa shape index (κ2) is 4.32. The van der Waals surface area contributed by atoms with Crippen LogP contribution in [0.25, 0.3) is 0 Å². The fraction of sp³-hybridized carbons (Fsp3) is 1.00. The molecule has 9 heavy (non-hydrogen) atoms. The van der Waals surface area contributed by atoms with E-state index in [1.807, 2.05) is 0 Å². The van der Waals surface area contributed by atoms with Crippen molar-refractivity contribution in [3.63, 3.8) is 0 Å². The molecule has 0 heterocycles. The molecule has 56 valence electrons. The topological polar surface area (TPSA) is 0 Å². The Morgan fingerprint density at radius 1 is 1.11 bits per heavy atom. The average molecular weight is 193 g/mol. The Morgan fingerprint density at radius 2 is 1.44 bits per heavy atom. The second-order valence-corrected chi connectivity index (χ2v) is 4.83. The maximum atomic E-state index is 3.70. The minimum atomic E-state index is 0.413. The number of rotatable bonds is 4. The Balaban J connectivity index is 3.43. The van der Waals surface area contributed by atoms with Gasteiger partial charge in [0.2, 0.25) is 0 Å². The van der Waals surface area contributed by atoms with Crippen molar-refractivity contribution in [2.75, 3.05) is 0 Å². The molecule has 0 bridgehead atoms. The van der Waals surface area contributed by atoms with E-state index < -0.39 is 0 Å². The van der Waals surface area contributed by atoms with Crippen molar-refractivity contribution in [2.24, 2.45) is 0 Å². The summed E-state index contributed by atoms with van der Waals surface area (Å²) < 4.78 is 0.413. The monoisotopic (exact) mass is 192 g/mol. The van der Waals surface area contributed by atoms with Gasteiger partial charge in [-0.15, -0.1) is 0 Å². The van der Waals surface area contributed by atoms with Gasteiger partial charge in [-0.2, -0.15) is 0 Å². The molecule has 0 aromatic carbocycles. The lowest BCUT2D eigenvalue weighted by molar-refractivity contribution is 0.539. The lowest BCUT2D eigenvalue weighted by Gasteiger charge is -2.20. The molecule has 0 aliphatic rings. The molecule has 0 radical (unpaired) electrons. The standard InChI is InChI=1S/C8H17Br/c1-4-6-8(3,9)7-5-2/h4-7H2,1-3H3. The SMILES string of the molecule is CCCC(C)(Br)CCC. The third kappa shape index (κ3) is 4.95. The summed E-state index contributed by atoms with van der Waals surface area (Å²) in [4.78, 5) is 0. The summed E-state index contributed by atoms with van der Waals surface area (Å²) in [5.74, 6) is 0. The molecule has 0 aliphatic heterocycles. The maximum absolute atomic E-state index is 3.70. The largest absolute Gasteiger partial charge is 0.0856 e. The molecular weight excluding hydrogens is 176 g/mol. The zero-order chi connectivity index (χ0) is 7.33. The van der Waals surface area contributed by atoms with E-state index in [1.165, 1.54) is 25.7 Å². The van der Waals surface area contributed by atoms with Crippen LogP contribution in [0.15, 0.2) is 0 Å². The molecule has 0 aromatic heterocycles. The molecular formula is C8H17Br. The van der Waals surface area contributed by atoms with Crippen molar-refractivity contribution in [1.29, 1.82) is 0 Å². The van der Waals surface area contributed by atoms with Crippen LogP contribution >= 0.6 is 15.9 Å². The molecule has 0 rings (SSSR count). The van der Waals surface area contributed by atoms with Gasteiger partial charge >= 0.3 is 0 Å². The molecule has 0 N–H and O–H groups in total. The van der Waals surface area contributed by atoms with Crippen molar-refractivity contribution in [1.82, 2.24) is 0 Å². The van der Waals surface area contributed by atoms with Crippen LogP contribution in [0.1, 0.15) is 46.5 Å². The van der Waals surface area contributed by atoms with E-state index in [0.29, 0.717) is 4.32 Å². The van der Waals surface area contributed by atoms with E-state index in [2.05, 4.69) is 36.7 Å². The first-order valence-corrected chi connectivity index (χ1v) is 4.60. The summed E-state index contributed by atoms with van der Waals surface area (Å²) in [5.41, 5.74) is 0. The third-order valence-corrected chi connectivity index (χ3v) is 2.34. The molecule has 0 nitrogen and oxygen atoms in total. The van der Waals surface area contributed by atoms with Crippen molar-refractivity contribution in [3.8, 4) is 0 Å². The highest BCUT2D eigenvalue weighted by atomic mass is 79.9. The zero-order valence-electron chi connectivity index (χ0n) is 6.71. The van der Waals surface area contributed by atoms with Gasteiger partial charge in [-0.25, -0.2) is 0 Å². The Labute approximate surface area is 67.2 Å². The molecule has 0 unspecified atom stereocenters. The normalized spacial score (nSPS) is 12.0. The molecule has 0 amide bonds. The van der Waals surface area contributed by atoms with E-state index in [4.69, 9.17) is 0 Å². The molecule has 0 fully saturated rings. The Morgan fingerprint density at radius 3 is 1.67 bits per heavy atom. The average Bonchev–Trinajstić information content (AvgIpc) is 1.64. The summed E-state index contributed by atoms with van der Waals surface area (Å²) in [5, 5.41) is 0. The number of halogens is 1. The van der Waals surface area contributed by atoms with Crippen molar-refractivity contribution in [2.45, 2.75) is 50.8 Å². The summed E-state index contributed by atoms with van der Waals surface area (Å²) in [7, 11) is 0. The fourth-order valence-electron chi connectivity index (χ4n) is 1.17. The summed E-state index contributed by atoms with van der Waals surface area (Å²) >= 11 is 3.70. The predicted molar refractivity (Wildman–Crippen MR) is 47.1 cm³/mol. The highest BCUT2D eigenvalue weighted by molar-refractivity contribution is 9.10. The van der Waals surface area contributed by atoms with E-state index in [-0.39, 0.29) is 0 Å². The van der Waals surface area contributed by atoms with Crippen molar-refractivity contribution in [3.05, 3.63) is 0 Å². The number of hydrogen-bond donors (Lipinski definition) is 0. The van der Waals surface area contributed by atoms with Gasteiger partial charge in [0.05, 0.1) is 0 Å². The maximum Gasteiger partial charge on any atom is 0.0229 e. The quantitative estimate of drug-likeness (QED) is 0.596. The zero-order valence-corrected chi connectivity index (χ0v) is 8.29. The first-order chi connectivity index (χ1) is 4.12. The van der Waals surface area contributed by atoms with Gasteiger partial charge in [-0.3, -0.25) is 0 Å². The van der Waals surface area contributed by atoms with Gasteiger partial charge in [0.1, 0.15) is 0 Å². The Kier molecular flexibility index (Phi) is 4.55. The van der Waals surface area contributed by atoms with Gasteiger partial charge in [0.15, 0.2) is 0 Å². The van der Waals surface area contributed by atoms with E-state index in [1.54, 1.807) is 0 Å². The van der Waals surface area contributed by atoms with Crippen LogP contribution < -0.4 is 0 Å². The van der Waals surface area contributed by atoms with Crippen LogP contribution in [-0.2, 0) is 0 Å². The lowest BCUT2D eigenvalue weighted by atomic mass is 10.0. The smallest absolute Gasteiger partial charge is 0.0229 e. The molecule has 0 saturated carbocycles. The van der Waals surface area contributed by atoms with Gasteiger partial charge < -0.3 is 0 Å². The molecule has 1 heteroatoms. The summed E-state index contributed by atoms with van der Waals surface area (Å²) in [6, 6.07) is 0. The fourth-order valence-corrected chi connectivity index (χ4v) is 1.96. The Hall–Kier alpha value is 0.480. The van der Waals surface area contributed by atoms with Crippen LogP contribution in [0.4, 0.5) is 0 Å². The van der Waals surface area contributed by atoms with Crippen LogP contribution in [-0.4, -0.2) is 4.32 Å². The number of hydrogen-bond acceptors (Lipinski definition) is 0. The molecule has 0 saturated heterocycles. The first-order valence-electron chi connectivity index (χ1n) is 3.81. The number of alkyl halides is 1.